The number of likely N-dealkylation sites (tertiary alicyclic amines) is 2. The van der Waals surface area contributed by atoms with Crippen LogP contribution in [0.5, 0.6) is 0 Å². The molecule has 128 valence electrons. The fourth-order valence-corrected chi connectivity index (χ4v) is 3.65. The minimum absolute atomic E-state index is 0.148. The van der Waals surface area contributed by atoms with Crippen LogP contribution in [0, 0.1) is 11.8 Å². The monoisotopic (exact) mass is 324 g/mol. The molecule has 1 aliphatic carbocycles. The van der Waals surface area contributed by atoms with Gasteiger partial charge >= 0.3 is 5.97 Å². The molecule has 0 spiro atoms. The number of carboxylic acids is 1. The van der Waals surface area contributed by atoms with Crippen molar-refractivity contribution in [2.24, 2.45) is 11.8 Å². The molecule has 1 saturated carbocycles. The molecule has 23 heavy (non-hydrogen) atoms. The van der Waals surface area contributed by atoms with Gasteiger partial charge in [-0.3, -0.25) is 9.59 Å². The van der Waals surface area contributed by atoms with E-state index in [0.717, 1.165) is 19.3 Å². The molecule has 0 aromatic rings. The van der Waals surface area contributed by atoms with Crippen LogP contribution in [-0.2, 0) is 19.1 Å². The maximum atomic E-state index is 12.8. The highest BCUT2D eigenvalue weighted by Gasteiger charge is 2.43. The molecule has 7 nitrogen and oxygen atoms in total. The zero-order valence-corrected chi connectivity index (χ0v) is 13.4. The Hall–Kier alpha value is -1.63. The van der Waals surface area contributed by atoms with Crippen molar-refractivity contribution in [3.05, 3.63) is 0 Å². The van der Waals surface area contributed by atoms with Crippen molar-refractivity contribution in [1.29, 1.82) is 0 Å². The van der Waals surface area contributed by atoms with Gasteiger partial charge in [-0.05, 0) is 25.7 Å². The van der Waals surface area contributed by atoms with E-state index in [-0.39, 0.29) is 29.8 Å². The van der Waals surface area contributed by atoms with Crippen LogP contribution in [0.1, 0.15) is 32.1 Å². The van der Waals surface area contributed by atoms with Gasteiger partial charge in [0.05, 0.1) is 12.0 Å². The van der Waals surface area contributed by atoms with E-state index in [4.69, 9.17) is 4.74 Å². The van der Waals surface area contributed by atoms with Crippen molar-refractivity contribution < 1.29 is 24.2 Å². The van der Waals surface area contributed by atoms with Crippen LogP contribution >= 0.6 is 0 Å². The van der Waals surface area contributed by atoms with Gasteiger partial charge < -0.3 is 19.6 Å². The molecule has 2 heterocycles. The standard InChI is InChI=1S/C16H24N2O5/c1-23-12-7-13(16(21)22)18(9-12)15(20)11-3-2-6-17(8-11)14(19)10-4-5-10/h10-13H,2-9H2,1H3,(H,21,22). The van der Waals surface area contributed by atoms with Gasteiger partial charge in [0.25, 0.3) is 0 Å². The lowest BCUT2D eigenvalue weighted by Gasteiger charge is -2.35. The average molecular weight is 324 g/mol. The van der Waals surface area contributed by atoms with Gasteiger partial charge in [-0.15, -0.1) is 0 Å². The van der Waals surface area contributed by atoms with Crippen molar-refractivity contribution >= 4 is 17.8 Å². The second kappa shape index (κ2) is 6.47. The predicted octanol–water partition coefficient (Wildman–Crippen LogP) is 0.336. The highest BCUT2D eigenvalue weighted by atomic mass is 16.5. The third kappa shape index (κ3) is 3.34. The summed E-state index contributed by atoms with van der Waals surface area (Å²) in [6, 6.07) is -0.818. The number of carbonyl (C=O) groups excluding carboxylic acids is 2. The summed E-state index contributed by atoms with van der Waals surface area (Å²) in [5.74, 6) is -1.11. The zero-order chi connectivity index (χ0) is 16.6. The molecular formula is C16H24N2O5. The summed E-state index contributed by atoms with van der Waals surface area (Å²) >= 11 is 0. The molecule has 3 rings (SSSR count). The Kier molecular flexibility index (Phi) is 4.57. The number of carboxylic acid groups (broad SMARTS) is 1. The molecule has 0 aromatic heterocycles. The summed E-state index contributed by atoms with van der Waals surface area (Å²) in [4.78, 5) is 39.7. The van der Waals surface area contributed by atoms with Crippen molar-refractivity contribution in [2.45, 2.75) is 44.2 Å². The molecule has 0 bridgehead atoms. The first-order valence-electron chi connectivity index (χ1n) is 8.36. The number of hydrogen-bond acceptors (Lipinski definition) is 4. The normalized spacial score (nSPS) is 31.3. The summed E-state index contributed by atoms with van der Waals surface area (Å²) in [7, 11) is 1.54. The summed E-state index contributed by atoms with van der Waals surface area (Å²) in [6.45, 7) is 1.45. The third-order valence-electron chi connectivity index (χ3n) is 5.17. The van der Waals surface area contributed by atoms with E-state index in [2.05, 4.69) is 0 Å². The minimum atomic E-state index is -0.986. The number of methoxy groups -OCH3 is 1. The first-order chi connectivity index (χ1) is 11.0. The molecule has 3 fully saturated rings. The van der Waals surface area contributed by atoms with Gasteiger partial charge in [0, 0.05) is 39.1 Å². The highest BCUT2D eigenvalue weighted by Crippen LogP contribution is 2.33. The lowest BCUT2D eigenvalue weighted by molar-refractivity contribution is -0.151. The molecule has 7 heteroatoms. The Labute approximate surface area is 135 Å². The second-order valence-corrected chi connectivity index (χ2v) is 6.84. The van der Waals surface area contributed by atoms with Crippen LogP contribution in [0.15, 0.2) is 0 Å². The predicted molar refractivity (Wildman–Crippen MR) is 80.6 cm³/mol. The van der Waals surface area contributed by atoms with E-state index >= 15 is 0 Å². The van der Waals surface area contributed by atoms with Gasteiger partial charge in [0.1, 0.15) is 6.04 Å². The molecule has 1 N–H and O–H groups in total. The largest absolute Gasteiger partial charge is 0.480 e. The van der Waals surface area contributed by atoms with Gasteiger partial charge in [-0.2, -0.15) is 0 Å². The van der Waals surface area contributed by atoms with E-state index < -0.39 is 12.0 Å². The Balaban J connectivity index is 1.66. The van der Waals surface area contributed by atoms with E-state index in [9.17, 15) is 19.5 Å². The summed E-state index contributed by atoms with van der Waals surface area (Å²) < 4.78 is 5.24. The Morgan fingerprint density at radius 2 is 1.78 bits per heavy atom. The summed E-state index contributed by atoms with van der Waals surface area (Å²) in [5.41, 5.74) is 0. The maximum absolute atomic E-state index is 12.8. The lowest BCUT2D eigenvalue weighted by atomic mass is 9.95. The van der Waals surface area contributed by atoms with Crippen molar-refractivity contribution in [1.82, 2.24) is 9.80 Å². The molecule has 2 aliphatic heterocycles. The van der Waals surface area contributed by atoms with Crippen LogP contribution in [0.3, 0.4) is 0 Å². The van der Waals surface area contributed by atoms with Gasteiger partial charge in [0.15, 0.2) is 0 Å². The first-order valence-corrected chi connectivity index (χ1v) is 8.36. The maximum Gasteiger partial charge on any atom is 0.326 e. The number of ether oxygens (including phenoxy) is 1. The number of hydrogen-bond donors (Lipinski definition) is 1. The molecule has 0 aromatic carbocycles. The average Bonchev–Trinajstić information content (AvgIpc) is 3.31. The Morgan fingerprint density at radius 3 is 2.39 bits per heavy atom. The van der Waals surface area contributed by atoms with E-state index in [0.29, 0.717) is 32.5 Å². The molecule has 2 amide bonds. The number of piperidine rings is 1. The lowest BCUT2D eigenvalue weighted by Crippen LogP contribution is -2.49. The van der Waals surface area contributed by atoms with Crippen LogP contribution in [-0.4, -0.2) is 71.6 Å². The van der Waals surface area contributed by atoms with Gasteiger partial charge in [-0.25, -0.2) is 4.79 Å². The van der Waals surface area contributed by atoms with E-state index in [1.54, 1.807) is 4.90 Å². The molecule has 2 saturated heterocycles. The number of amides is 2. The smallest absolute Gasteiger partial charge is 0.326 e. The third-order valence-corrected chi connectivity index (χ3v) is 5.17. The molecular weight excluding hydrogens is 300 g/mol. The van der Waals surface area contributed by atoms with Crippen LogP contribution in [0.2, 0.25) is 0 Å². The molecule has 3 unspecified atom stereocenters. The van der Waals surface area contributed by atoms with Crippen LogP contribution < -0.4 is 0 Å². The topological polar surface area (TPSA) is 87.2 Å². The van der Waals surface area contributed by atoms with E-state index in [1.165, 1.54) is 12.0 Å². The number of carbonyl (C=O) groups is 3. The highest BCUT2D eigenvalue weighted by molar-refractivity contribution is 5.87. The molecule has 3 atom stereocenters. The van der Waals surface area contributed by atoms with Crippen LogP contribution in [0.25, 0.3) is 0 Å². The Morgan fingerprint density at radius 1 is 1.04 bits per heavy atom. The fraction of sp³-hybridized carbons (Fsp3) is 0.812. The Bertz CT molecular complexity index is 505. The minimum Gasteiger partial charge on any atom is -0.480 e. The fourth-order valence-electron chi connectivity index (χ4n) is 3.65. The number of rotatable bonds is 4. The SMILES string of the molecule is COC1CC(C(=O)O)N(C(=O)C2CCCN(C(=O)C3CC3)C2)C1. The van der Waals surface area contributed by atoms with Crippen molar-refractivity contribution in [3.8, 4) is 0 Å². The summed E-state index contributed by atoms with van der Waals surface area (Å²) in [5, 5.41) is 9.35. The van der Waals surface area contributed by atoms with Crippen molar-refractivity contribution in [3.63, 3.8) is 0 Å². The summed E-state index contributed by atoms with van der Waals surface area (Å²) in [6.07, 6.45) is 3.53. The number of aliphatic carboxylic acids is 1. The number of nitrogens with zero attached hydrogens (tertiary/aromatic N) is 2. The van der Waals surface area contributed by atoms with Crippen LogP contribution in [0.4, 0.5) is 0 Å². The van der Waals surface area contributed by atoms with E-state index in [1.807, 2.05) is 0 Å². The first kappa shape index (κ1) is 16.2. The molecule has 3 aliphatic rings. The zero-order valence-electron chi connectivity index (χ0n) is 13.4. The van der Waals surface area contributed by atoms with Crippen molar-refractivity contribution in [2.75, 3.05) is 26.7 Å². The quantitative estimate of drug-likeness (QED) is 0.805. The second-order valence-electron chi connectivity index (χ2n) is 6.84. The molecule has 0 radical (unpaired) electrons. The van der Waals surface area contributed by atoms with Gasteiger partial charge in [0.2, 0.25) is 11.8 Å². The van der Waals surface area contributed by atoms with Gasteiger partial charge in [-0.1, -0.05) is 0 Å².